The number of hydrogen-bond acceptors (Lipinski definition) is 6. The second kappa shape index (κ2) is 10.9. The van der Waals surface area contributed by atoms with E-state index in [2.05, 4.69) is 14.9 Å². The number of rotatable bonds is 7. The van der Waals surface area contributed by atoms with E-state index in [0.29, 0.717) is 43.5 Å². The van der Waals surface area contributed by atoms with Crippen molar-refractivity contribution in [1.82, 2.24) is 19.8 Å². The van der Waals surface area contributed by atoms with Crippen LogP contribution in [0, 0.1) is 6.92 Å². The van der Waals surface area contributed by atoms with Crippen LogP contribution in [0.1, 0.15) is 35.4 Å². The molecule has 1 aromatic heterocycles. The Labute approximate surface area is 199 Å². The van der Waals surface area contributed by atoms with E-state index >= 15 is 0 Å². The molecule has 1 aromatic carbocycles. The molecule has 8 nitrogen and oxygen atoms in total. The summed E-state index contributed by atoms with van der Waals surface area (Å²) in [6.07, 6.45) is 5.27. The van der Waals surface area contributed by atoms with Crippen molar-refractivity contribution >= 4 is 29.1 Å². The highest BCUT2D eigenvalue weighted by Crippen LogP contribution is 2.21. The number of benzene rings is 1. The van der Waals surface area contributed by atoms with Gasteiger partial charge in [0, 0.05) is 69.2 Å². The summed E-state index contributed by atoms with van der Waals surface area (Å²) >= 11 is 6.11. The highest BCUT2D eigenvalue weighted by molar-refractivity contribution is 6.30. The van der Waals surface area contributed by atoms with Gasteiger partial charge in [-0.15, -0.1) is 0 Å². The molecule has 2 fully saturated rings. The number of nitrogens with zero attached hydrogens (tertiary/aromatic N) is 5. The first-order valence-corrected chi connectivity index (χ1v) is 11.9. The van der Waals surface area contributed by atoms with Gasteiger partial charge in [0.2, 0.25) is 5.91 Å². The van der Waals surface area contributed by atoms with E-state index in [0.717, 1.165) is 37.3 Å². The van der Waals surface area contributed by atoms with Crippen molar-refractivity contribution in [1.29, 1.82) is 0 Å². The molecule has 1 unspecified atom stereocenters. The molecule has 0 saturated carbocycles. The van der Waals surface area contributed by atoms with Gasteiger partial charge in [0.05, 0.1) is 18.0 Å². The van der Waals surface area contributed by atoms with Crippen molar-refractivity contribution in [3.8, 4) is 0 Å². The molecule has 2 aliphatic rings. The average molecular weight is 472 g/mol. The van der Waals surface area contributed by atoms with Crippen LogP contribution in [-0.4, -0.2) is 83.6 Å². The maximum atomic E-state index is 13.1. The molecule has 2 saturated heterocycles. The molecule has 176 valence electrons. The summed E-state index contributed by atoms with van der Waals surface area (Å²) in [5.74, 6) is -0.155. The number of piperazine rings is 1. The smallest absolute Gasteiger partial charge is 0.274 e. The predicted molar refractivity (Wildman–Crippen MR) is 127 cm³/mol. The minimum atomic E-state index is -0.212. The van der Waals surface area contributed by atoms with Gasteiger partial charge in [-0.3, -0.25) is 14.6 Å². The van der Waals surface area contributed by atoms with Gasteiger partial charge >= 0.3 is 0 Å². The fraction of sp³-hybridized carbons (Fsp3) is 0.500. The third-order valence-corrected chi connectivity index (χ3v) is 6.37. The van der Waals surface area contributed by atoms with Gasteiger partial charge < -0.3 is 19.4 Å². The molecule has 0 spiro atoms. The minimum Gasteiger partial charge on any atom is -0.376 e. The molecule has 0 radical (unpaired) electrons. The lowest BCUT2D eigenvalue weighted by molar-refractivity contribution is -0.131. The standard InChI is InChI=1S/C24H30ClN5O3/c1-18-15-27-22(16-26-18)24(32)30(17-21-6-3-13-33-21)8-7-23(31)29-11-9-28(10-12-29)20-5-2-4-19(25)14-20/h2,4-5,14-16,21H,3,6-13,17H2,1H3. The number of amides is 2. The molecule has 3 heterocycles. The first-order valence-electron chi connectivity index (χ1n) is 11.5. The van der Waals surface area contributed by atoms with Gasteiger partial charge in [-0.1, -0.05) is 17.7 Å². The van der Waals surface area contributed by atoms with Crippen molar-refractivity contribution in [2.24, 2.45) is 0 Å². The summed E-state index contributed by atoms with van der Waals surface area (Å²) in [5.41, 5.74) is 2.12. The van der Waals surface area contributed by atoms with Gasteiger partial charge in [-0.25, -0.2) is 4.98 Å². The number of aryl methyl sites for hydroxylation is 1. The van der Waals surface area contributed by atoms with E-state index in [1.54, 1.807) is 11.1 Å². The van der Waals surface area contributed by atoms with Crippen LogP contribution in [-0.2, 0) is 9.53 Å². The van der Waals surface area contributed by atoms with Crippen LogP contribution >= 0.6 is 11.6 Å². The van der Waals surface area contributed by atoms with Gasteiger partial charge in [0.25, 0.3) is 5.91 Å². The Kier molecular flexibility index (Phi) is 7.77. The lowest BCUT2D eigenvalue weighted by atomic mass is 10.2. The van der Waals surface area contributed by atoms with Crippen molar-refractivity contribution in [3.63, 3.8) is 0 Å². The van der Waals surface area contributed by atoms with Crippen LogP contribution in [0.2, 0.25) is 5.02 Å². The minimum absolute atomic E-state index is 0.00343. The van der Waals surface area contributed by atoms with Crippen molar-refractivity contribution in [2.45, 2.75) is 32.3 Å². The quantitative estimate of drug-likeness (QED) is 0.618. The molecule has 0 N–H and O–H groups in total. The van der Waals surface area contributed by atoms with Crippen LogP contribution in [0.15, 0.2) is 36.7 Å². The van der Waals surface area contributed by atoms with E-state index in [1.807, 2.05) is 36.1 Å². The summed E-state index contributed by atoms with van der Waals surface area (Å²) in [6, 6.07) is 7.78. The summed E-state index contributed by atoms with van der Waals surface area (Å²) in [5, 5.41) is 0.709. The Bertz CT molecular complexity index is 957. The van der Waals surface area contributed by atoms with E-state index in [4.69, 9.17) is 16.3 Å². The van der Waals surface area contributed by atoms with E-state index < -0.39 is 0 Å². The van der Waals surface area contributed by atoms with E-state index in [9.17, 15) is 9.59 Å². The number of ether oxygens (including phenoxy) is 1. The van der Waals surface area contributed by atoms with E-state index in [-0.39, 0.29) is 24.3 Å². The zero-order valence-electron chi connectivity index (χ0n) is 19.0. The number of anilines is 1. The summed E-state index contributed by atoms with van der Waals surface area (Å²) in [4.78, 5) is 40.2. The first kappa shape index (κ1) is 23.4. The zero-order chi connectivity index (χ0) is 23.2. The summed E-state index contributed by atoms with van der Waals surface area (Å²) in [6.45, 7) is 6.14. The Morgan fingerprint density at radius 3 is 2.67 bits per heavy atom. The first-order chi connectivity index (χ1) is 16.0. The Hall–Kier alpha value is -2.71. The summed E-state index contributed by atoms with van der Waals surface area (Å²) in [7, 11) is 0. The molecular weight excluding hydrogens is 442 g/mol. The largest absolute Gasteiger partial charge is 0.376 e. The molecule has 0 aliphatic carbocycles. The topological polar surface area (TPSA) is 78.9 Å². The van der Waals surface area contributed by atoms with Crippen LogP contribution in [0.4, 0.5) is 5.69 Å². The molecule has 2 aromatic rings. The number of carbonyl (C=O) groups is 2. The van der Waals surface area contributed by atoms with Gasteiger partial charge in [-0.05, 0) is 38.0 Å². The average Bonchev–Trinajstić information content (AvgIpc) is 3.35. The molecule has 2 amide bonds. The fourth-order valence-corrected chi connectivity index (χ4v) is 4.44. The van der Waals surface area contributed by atoms with Crippen LogP contribution in [0.25, 0.3) is 0 Å². The number of halogens is 1. The molecule has 0 bridgehead atoms. The van der Waals surface area contributed by atoms with Crippen molar-refractivity contribution in [2.75, 3.05) is 50.8 Å². The second-order valence-electron chi connectivity index (χ2n) is 8.53. The molecule has 4 rings (SSSR count). The maximum absolute atomic E-state index is 13.1. The molecule has 33 heavy (non-hydrogen) atoms. The Morgan fingerprint density at radius 1 is 1.18 bits per heavy atom. The molecule has 9 heteroatoms. The Balaban J connectivity index is 1.33. The molecular formula is C24H30ClN5O3. The van der Waals surface area contributed by atoms with Gasteiger partial charge in [-0.2, -0.15) is 0 Å². The van der Waals surface area contributed by atoms with Crippen LogP contribution in [0.5, 0.6) is 0 Å². The zero-order valence-corrected chi connectivity index (χ0v) is 19.7. The maximum Gasteiger partial charge on any atom is 0.274 e. The number of carbonyl (C=O) groups excluding carboxylic acids is 2. The highest BCUT2D eigenvalue weighted by atomic mass is 35.5. The van der Waals surface area contributed by atoms with Crippen molar-refractivity contribution < 1.29 is 14.3 Å². The highest BCUT2D eigenvalue weighted by Gasteiger charge is 2.27. The molecule has 1 atom stereocenters. The predicted octanol–water partition coefficient (Wildman–Crippen LogP) is 2.80. The van der Waals surface area contributed by atoms with Gasteiger partial charge in [0.1, 0.15) is 5.69 Å². The SMILES string of the molecule is Cc1cnc(C(=O)N(CCC(=O)N2CCN(c3cccc(Cl)c3)CC2)CC2CCCO2)cn1. The third-order valence-electron chi connectivity index (χ3n) is 6.14. The van der Waals surface area contributed by atoms with Crippen molar-refractivity contribution in [3.05, 3.63) is 53.1 Å². The van der Waals surface area contributed by atoms with Crippen LogP contribution < -0.4 is 4.90 Å². The lowest BCUT2D eigenvalue weighted by Crippen LogP contribution is -2.49. The normalized spacial score (nSPS) is 18.4. The monoisotopic (exact) mass is 471 g/mol. The number of aromatic nitrogens is 2. The lowest BCUT2D eigenvalue weighted by Gasteiger charge is -2.36. The number of hydrogen-bond donors (Lipinski definition) is 0. The second-order valence-corrected chi connectivity index (χ2v) is 8.96. The van der Waals surface area contributed by atoms with E-state index in [1.165, 1.54) is 6.20 Å². The van der Waals surface area contributed by atoms with Gasteiger partial charge in [0.15, 0.2) is 0 Å². The van der Waals surface area contributed by atoms with Crippen LogP contribution in [0.3, 0.4) is 0 Å². The Morgan fingerprint density at radius 2 is 2.00 bits per heavy atom. The molecule has 2 aliphatic heterocycles. The third kappa shape index (κ3) is 6.21. The summed E-state index contributed by atoms with van der Waals surface area (Å²) < 4.78 is 5.73. The fourth-order valence-electron chi connectivity index (χ4n) is 4.25.